The minimum atomic E-state index is -0.431. The fourth-order valence-corrected chi connectivity index (χ4v) is 5.65. The van der Waals surface area contributed by atoms with E-state index in [0.717, 1.165) is 56.3 Å². The number of rotatable bonds is 3. The normalized spacial score (nSPS) is 22.5. The largest absolute Gasteiger partial charge is 0.466 e. The topological polar surface area (TPSA) is 49.9 Å². The van der Waals surface area contributed by atoms with Crippen LogP contribution in [0.15, 0.2) is 54.1 Å². The van der Waals surface area contributed by atoms with Gasteiger partial charge < -0.3 is 14.5 Å². The van der Waals surface area contributed by atoms with E-state index >= 15 is 4.39 Å². The highest BCUT2D eigenvalue weighted by Crippen LogP contribution is 2.44. The molecule has 2 aromatic carbocycles. The third kappa shape index (κ3) is 3.92. The number of halogens is 1. The summed E-state index contributed by atoms with van der Waals surface area (Å²) in [4.78, 5) is 30.1. The number of piperidine rings is 1. The van der Waals surface area contributed by atoms with Crippen molar-refractivity contribution in [3.8, 4) is 11.1 Å². The Morgan fingerprint density at radius 3 is 2.42 bits per heavy atom. The molecule has 2 atom stereocenters. The van der Waals surface area contributed by atoms with Gasteiger partial charge in [-0.2, -0.15) is 0 Å². The van der Waals surface area contributed by atoms with Crippen LogP contribution in [0.3, 0.4) is 0 Å². The fourth-order valence-electron chi connectivity index (χ4n) is 5.65. The molecular weight excluding hydrogens is 419 g/mol. The van der Waals surface area contributed by atoms with Gasteiger partial charge in [0.15, 0.2) is 0 Å². The first-order chi connectivity index (χ1) is 16.1. The Bertz CT molecular complexity index is 1090. The van der Waals surface area contributed by atoms with E-state index in [0.29, 0.717) is 23.1 Å². The Morgan fingerprint density at radius 2 is 1.73 bits per heavy atom. The number of fused-ring (bicyclic) bond motifs is 2. The smallest absolute Gasteiger partial charge is 0.336 e. The molecule has 2 aromatic rings. The Labute approximate surface area is 193 Å². The number of methoxy groups -OCH3 is 1. The van der Waals surface area contributed by atoms with E-state index in [1.54, 1.807) is 6.07 Å². The predicted molar refractivity (Wildman–Crippen MR) is 125 cm³/mol. The number of amides is 2. The van der Waals surface area contributed by atoms with Crippen molar-refractivity contribution in [2.75, 3.05) is 20.2 Å². The zero-order chi connectivity index (χ0) is 22.9. The molecular formula is C27H29FN2O3. The van der Waals surface area contributed by atoms with Crippen molar-refractivity contribution in [3.05, 3.63) is 65.5 Å². The second kappa shape index (κ2) is 9.00. The highest BCUT2D eigenvalue weighted by Gasteiger charge is 2.47. The minimum Gasteiger partial charge on any atom is -0.466 e. The highest BCUT2D eigenvalue weighted by atomic mass is 19.1. The Hall–Kier alpha value is -3.15. The summed E-state index contributed by atoms with van der Waals surface area (Å²) in [6.07, 6.45) is 5.28. The van der Waals surface area contributed by atoms with E-state index in [4.69, 9.17) is 4.74 Å². The molecule has 5 nitrogen and oxygen atoms in total. The second-order valence-corrected chi connectivity index (χ2v) is 9.13. The van der Waals surface area contributed by atoms with E-state index in [2.05, 4.69) is 0 Å². The molecule has 172 valence electrons. The van der Waals surface area contributed by atoms with E-state index in [1.807, 2.05) is 46.2 Å². The number of carbonyl (C=O) groups excluding carboxylic acids is 2. The highest BCUT2D eigenvalue weighted by molar-refractivity contribution is 6.01. The van der Waals surface area contributed by atoms with Crippen molar-refractivity contribution in [2.24, 2.45) is 0 Å². The van der Waals surface area contributed by atoms with Gasteiger partial charge in [0.2, 0.25) is 0 Å². The van der Waals surface area contributed by atoms with Gasteiger partial charge in [-0.05, 0) is 61.3 Å². The Kier molecular flexibility index (Phi) is 5.92. The zero-order valence-electron chi connectivity index (χ0n) is 18.9. The molecule has 0 aromatic heterocycles. The molecule has 0 N–H and O–H groups in total. The third-order valence-electron chi connectivity index (χ3n) is 7.26. The lowest BCUT2D eigenvalue weighted by Crippen LogP contribution is -2.53. The zero-order valence-corrected chi connectivity index (χ0v) is 18.9. The number of urea groups is 1. The molecule has 2 bridgehead atoms. The van der Waals surface area contributed by atoms with Crippen molar-refractivity contribution < 1.29 is 18.7 Å². The summed E-state index contributed by atoms with van der Waals surface area (Å²) in [6.45, 7) is 1.54. The summed E-state index contributed by atoms with van der Waals surface area (Å²) in [5, 5.41) is 0. The molecule has 0 saturated carbocycles. The van der Waals surface area contributed by atoms with Gasteiger partial charge in [0, 0.05) is 24.7 Å². The lowest BCUT2D eigenvalue weighted by molar-refractivity contribution is -0.136. The lowest BCUT2D eigenvalue weighted by atomic mass is 9.87. The van der Waals surface area contributed by atoms with Crippen LogP contribution in [0, 0.1) is 5.82 Å². The molecule has 6 heteroatoms. The summed E-state index contributed by atoms with van der Waals surface area (Å²) in [5.41, 5.74) is 3.33. The number of carbonyl (C=O) groups is 2. The number of nitrogens with zero attached hydrogens (tertiary/aromatic N) is 2. The minimum absolute atomic E-state index is 0.0182. The summed E-state index contributed by atoms with van der Waals surface area (Å²) in [7, 11) is 1.36. The van der Waals surface area contributed by atoms with E-state index < -0.39 is 5.97 Å². The van der Waals surface area contributed by atoms with Gasteiger partial charge in [-0.25, -0.2) is 14.0 Å². The SMILES string of the molecule is COC(=O)C1=C(c2ccc(-c3ccccc3)c(F)c2)C[C@@H]2CC[C@H]1N2C(=O)N1CCCCC1. The molecule has 5 rings (SSSR count). The van der Waals surface area contributed by atoms with Crippen molar-refractivity contribution >= 4 is 17.6 Å². The van der Waals surface area contributed by atoms with Crippen LogP contribution >= 0.6 is 0 Å². The van der Waals surface area contributed by atoms with Crippen LogP contribution in [-0.2, 0) is 9.53 Å². The fraction of sp³-hybridized carbons (Fsp3) is 0.407. The molecule has 2 amide bonds. The molecule has 0 spiro atoms. The maximum absolute atomic E-state index is 15.1. The molecule has 2 saturated heterocycles. The van der Waals surface area contributed by atoms with Crippen molar-refractivity contribution in [1.29, 1.82) is 0 Å². The summed E-state index contributed by atoms with van der Waals surface area (Å²) in [5.74, 6) is -0.756. The molecule has 0 unspecified atom stereocenters. The van der Waals surface area contributed by atoms with Gasteiger partial charge >= 0.3 is 12.0 Å². The molecule has 3 aliphatic rings. The van der Waals surface area contributed by atoms with Crippen LogP contribution in [0.2, 0.25) is 0 Å². The van der Waals surface area contributed by atoms with Gasteiger partial charge in [-0.3, -0.25) is 0 Å². The first kappa shape index (κ1) is 21.7. The molecule has 3 heterocycles. The quantitative estimate of drug-likeness (QED) is 0.602. The molecule has 3 aliphatic heterocycles. The Morgan fingerprint density at radius 1 is 0.970 bits per heavy atom. The number of likely N-dealkylation sites (tertiary alicyclic amines) is 1. The van der Waals surface area contributed by atoms with Gasteiger partial charge in [-0.15, -0.1) is 0 Å². The van der Waals surface area contributed by atoms with E-state index in [1.165, 1.54) is 13.2 Å². The van der Waals surface area contributed by atoms with Crippen molar-refractivity contribution in [3.63, 3.8) is 0 Å². The van der Waals surface area contributed by atoms with Crippen LogP contribution in [0.5, 0.6) is 0 Å². The number of esters is 1. The van der Waals surface area contributed by atoms with Gasteiger partial charge in [0.1, 0.15) is 5.82 Å². The Balaban J connectivity index is 1.52. The first-order valence-electron chi connectivity index (χ1n) is 11.8. The first-order valence-corrected chi connectivity index (χ1v) is 11.8. The second-order valence-electron chi connectivity index (χ2n) is 9.13. The van der Waals surface area contributed by atoms with Crippen LogP contribution in [0.4, 0.5) is 9.18 Å². The monoisotopic (exact) mass is 448 g/mol. The van der Waals surface area contributed by atoms with Gasteiger partial charge in [0.05, 0.1) is 18.7 Å². The van der Waals surface area contributed by atoms with Gasteiger partial charge in [0.25, 0.3) is 0 Å². The average molecular weight is 449 g/mol. The van der Waals surface area contributed by atoms with Crippen LogP contribution in [-0.4, -0.2) is 54.1 Å². The molecule has 0 radical (unpaired) electrons. The van der Waals surface area contributed by atoms with Crippen molar-refractivity contribution in [1.82, 2.24) is 9.80 Å². The van der Waals surface area contributed by atoms with E-state index in [9.17, 15) is 9.59 Å². The summed E-state index contributed by atoms with van der Waals surface area (Å²) >= 11 is 0. The van der Waals surface area contributed by atoms with Crippen LogP contribution < -0.4 is 0 Å². The maximum atomic E-state index is 15.1. The van der Waals surface area contributed by atoms with Crippen LogP contribution in [0.1, 0.15) is 44.1 Å². The predicted octanol–water partition coefficient (Wildman–Crippen LogP) is 5.26. The third-order valence-corrected chi connectivity index (χ3v) is 7.26. The lowest BCUT2D eigenvalue weighted by Gasteiger charge is -2.41. The molecule has 2 fully saturated rings. The van der Waals surface area contributed by atoms with E-state index in [-0.39, 0.29) is 23.9 Å². The standard InChI is InChI=1S/C27H29FN2O3/c1-33-26(31)25-22(19-10-12-21(23(28)16-19)18-8-4-2-5-9-18)17-20-11-13-24(25)30(20)27(32)29-14-6-3-7-15-29/h2,4-5,8-10,12,16,20,24H,3,6-7,11,13-15,17H2,1H3/t20-,24+/m0/s1. The summed E-state index contributed by atoms with van der Waals surface area (Å²) < 4.78 is 20.3. The molecule has 0 aliphatic carbocycles. The average Bonchev–Trinajstić information content (AvgIpc) is 3.17. The number of hydrogen-bond donors (Lipinski definition) is 0. The number of ether oxygens (including phenoxy) is 1. The number of hydrogen-bond acceptors (Lipinski definition) is 3. The summed E-state index contributed by atoms with van der Waals surface area (Å²) in [6, 6.07) is 14.3. The van der Waals surface area contributed by atoms with Gasteiger partial charge in [-0.1, -0.05) is 42.5 Å². The van der Waals surface area contributed by atoms with Crippen LogP contribution in [0.25, 0.3) is 16.7 Å². The number of benzene rings is 2. The van der Waals surface area contributed by atoms with Crippen molar-refractivity contribution in [2.45, 2.75) is 50.6 Å². The maximum Gasteiger partial charge on any atom is 0.336 e. The molecule has 33 heavy (non-hydrogen) atoms.